The number of carbonyl (C=O) groups is 1. The quantitative estimate of drug-likeness (QED) is 0.408. The molecule has 3 aromatic rings. The normalized spacial score (nSPS) is 10.9. The van der Waals surface area contributed by atoms with Crippen LogP contribution in [0.15, 0.2) is 84.0 Å². The number of para-hydroxylation sites is 1. The van der Waals surface area contributed by atoms with E-state index in [2.05, 4.69) is 24.4 Å². The molecule has 0 fully saturated rings. The summed E-state index contributed by atoms with van der Waals surface area (Å²) in [6.45, 7) is 4.62. The Morgan fingerprint density at radius 3 is 2.37 bits per heavy atom. The zero-order valence-electron chi connectivity index (χ0n) is 17.2. The highest BCUT2D eigenvalue weighted by Gasteiger charge is 2.04. The van der Waals surface area contributed by atoms with Gasteiger partial charge < -0.3 is 9.47 Å². The van der Waals surface area contributed by atoms with Gasteiger partial charge in [-0.2, -0.15) is 5.10 Å². The topological polar surface area (TPSA) is 59.9 Å². The van der Waals surface area contributed by atoms with Crippen LogP contribution in [0.1, 0.15) is 36.5 Å². The van der Waals surface area contributed by atoms with Crippen molar-refractivity contribution in [3.8, 4) is 11.5 Å². The van der Waals surface area contributed by atoms with Gasteiger partial charge >= 0.3 is 0 Å². The van der Waals surface area contributed by atoms with Gasteiger partial charge in [-0.25, -0.2) is 5.43 Å². The number of nitrogens with one attached hydrogen (secondary N) is 1. The van der Waals surface area contributed by atoms with Gasteiger partial charge in [0.05, 0.1) is 6.21 Å². The molecule has 0 heterocycles. The summed E-state index contributed by atoms with van der Waals surface area (Å²) in [5.41, 5.74) is 5.56. The van der Waals surface area contributed by atoms with Crippen LogP contribution in [0.2, 0.25) is 0 Å². The maximum Gasteiger partial charge on any atom is 0.277 e. The summed E-state index contributed by atoms with van der Waals surface area (Å²) in [6.07, 6.45) is 1.57. The Kier molecular flexibility index (Phi) is 7.61. The molecule has 0 aliphatic carbocycles. The van der Waals surface area contributed by atoms with E-state index in [1.807, 2.05) is 78.9 Å². The van der Waals surface area contributed by atoms with Crippen molar-refractivity contribution in [3.05, 3.63) is 95.6 Å². The molecule has 154 valence electrons. The molecular weight excluding hydrogens is 376 g/mol. The molecule has 0 aliphatic rings. The van der Waals surface area contributed by atoms with Crippen molar-refractivity contribution >= 4 is 12.1 Å². The van der Waals surface area contributed by atoms with Crippen molar-refractivity contribution in [3.63, 3.8) is 0 Å². The zero-order chi connectivity index (χ0) is 21.2. The fourth-order valence-electron chi connectivity index (χ4n) is 2.76. The van der Waals surface area contributed by atoms with Crippen molar-refractivity contribution in [2.45, 2.75) is 26.4 Å². The van der Waals surface area contributed by atoms with E-state index in [9.17, 15) is 4.79 Å². The molecule has 0 bridgehead atoms. The number of benzene rings is 3. The lowest BCUT2D eigenvalue weighted by Gasteiger charge is -2.09. The third-order valence-corrected chi connectivity index (χ3v) is 4.47. The van der Waals surface area contributed by atoms with E-state index < -0.39 is 0 Å². The fraction of sp³-hybridized carbons (Fsp3) is 0.200. The average Bonchev–Trinajstić information content (AvgIpc) is 2.78. The Morgan fingerprint density at radius 2 is 1.63 bits per heavy atom. The van der Waals surface area contributed by atoms with Gasteiger partial charge in [0.15, 0.2) is 6.61 Å². The molecule has 3 rings (SSSR count). The minimum Gasteiger partial charge on any atom is -0.488 e. The van der Waals surface area contributed by atoms with Crippen LogP contribution < -0.4 is 14.9 Å². The standard InChI is InChI=1S/C25H26N2O3/c1-19(2)21-12-14-23(15-13-21)29-18-25(28)27-26-16-22-10-6-7-11-24(22)30-17-20-8-4-3-5-9-20/h3-16,19H,17-18H2,1-2H3,(H,27,28)/b26-16+. The second kappa shape index (κ2) is 10.8. The largest absolute Gasteiger partial charge is 0.488 e. The van der Waals surface area contributed by atoms with Crippen LogP contribution in [0.4, 0.5) is 0 Å². The predicted molar refractivity (Wildman–Crippen MR) is 119 cm³/mol. The molecule has 0 saturated heterocycles. The molecule has 0 spiro atoms. The highest BCUT2D eigenvalue weighted by Crippen LogP contribution is 2.19. The van der Waals surface area contributed by atoms with Crippen molar-refractivity contribution < 1.29 is 14.3 Å². The predicted octanol–water partition coefficient (Wildman–Crippen LogP) is 4.92. The summed E-state index contributed by atoms with van der Waals surface area (Å²) in [6, 6.07) is 25.2. The van der Waals surface area contributed by atoms with Gasteiger partial charge in [-0.05, 0) is 41.3 Å². The highest BCUT2D eigenvalue weighted by molar-refractivity contribution is 5.85. The molecule has 0 radical (unpaired) electrons. The molecule has 1 N–H and O–H groups in total. The monoisotopic (exact) mass is 402 g/mol. The van der Waals surface area contributed by atoms with Crippen LogP contribution in [0.25, 0.3) is 0 Å². The molecular formula is C25H26N2O3. The second-order valence-corrected chi connectivity index (χ2v) is 7.12. The lowest BCUT2D eigenvalue weighted by atomic mass is 10.0. The summed E-state index contributed by atoms with van der Waals surface area (Å²) in [5.74, 6) is 1.47. The molecule has 30 heavy (non-hydrogen) atoms. The van der Waals surface area contributed by atoms with E-state index in [1.165, 1.54) is 5.56 Å². The Hall–Kier alpha value is -3.60. The number of nitrogens with zero attached hydrogens (tertiary/aromatic N) is 1. The van der Waals surface area contributed by atoms with Gasteiger partial charge in [0.25, 0.3) is 5.91 Å². The first kappa shape index (κ1) is 21.1. The number of ether oxygens (including phenoxy) is 2. The molecule has 0 aromatic heterocycles. The SMILES string of the molecule is CC(C)c1ccc(OCC(=O)N/N=C/c2ccccc2OCc2ccccc2)cc1. The van der Waals surface area contributed by atoms with Gasteiger partial charge in [0.2, 0.25) is 0 Å². The number of hydrogen-bond acceptors (Lipinski definition) is 4. The van der Waals surface area contributed by atoms with Crippen LogP contribution in [0.5, 0.6) is 11.5 Å². The minimum atomic E-state index is -0.332. The number of amides is 1. The summed E-state index contributed by atoms with van der Waals surface area (Å²) < 4.78 is 11.4. The number of hydrogen-bond donors (Lipinski definition) is 1. The molecule has 1 amide bonds. The molecule has 3 aromatic carbocycles. The molecule has 5 heteroatoms. The first-order chi connectivity index (χ1) is 14.6. The summed E-state index contributed by atoms with van der Waals surface area (Å²) in [4.78, 5) is 12.0. The molecule has 5 nitrogen and oxygen atoms in total. The fourth-order valence-corrected chi connectivity index (χ4v) is 2.76. The van der Waals surface area contributed by atoms with Crippen LogP contribution in [-0.4, -0.2) is 18.7 Å². The van der Waals surface area contributed by atoms with Crippen LogP contribution in [0.3, 0.4) is 0 Å². The Morgan fingerprint density at radius 1 is 0.933 bits per heavy atom. The van der Waals surface area contributed by atoms with E-state index in [0.29, 0.717) is 24.0 Å². The Bertz CT molecular complexity index is 967. The highest BCUT2D eigenvalue weighted by atomic mass is 16.5. The molecule has 0 saturated carbocycles. The van der Waals surface area contributed by atoms with Gasteiger partial charge in [0, 0.05) is 5.56 Å². The van der Waals surface area contributed by atoms with Crippen molar-refractivity contribution in [1.29, 1.82) is 0 Å². The van der Waals surface area contributed by atoms with Crippen molar-refractivity contribution in [2.75, 3.05) is 6.61 Å². The van der Waals surface area contributed by atoms with Gasteiger partial charge in [0.1, 0.15) is 18.1 Å². The van der Waals surface area contributed by atoms with E-state index in [1.54, 1.807) is 6.21 Å². The Balaban J connectivity index is 1.49. The lowest BCUT2D eigenvalue weighted by molar-refractivity contribution is -0.123. The number of hydrazone groups is 1. The maximum absolute atomic E-state index is 12.0. The van der Waals surface area contributed by atoms with Crippen LogP contribution in [-0.2, 0) is 11.4 Å². The van der Waals surface area contributed by atoms with Crippen molar-refractivity contribution in [2.24, 2.45) is 5.10 Å². The lowest BCUT2D eigenvalue weighted by Crippen LogP contribution is -2.24. The van der Waals surface area contributed by atoms with E-state index in [-0.39, 0.29) is 12.5 Å². The summed E-state index contributed by atoms with van der Waals surface area (Å²) >= 11 is 0. The van der Waals surface area contributed by atoms with Gasteiger partial charge in [-0.3, -0.25) is 4.79 Å². The average molecular weight is 402 g/mol. The maximum atomic E-state index is 12.0. The van der Waals surface area contributed by atoms with Crippen LogP contribution in [0, 0.1) is 0 Å². The van der Waals surface area contributed by atoms with Gasteiger partial charge in [-0.15, -0.1) is 0 Å². The van der Waals surface area contributed by atoms with E-state index in [0.717, 1.165) is 11.1 Å². The van der Waals surface area contributed by atoms with Crippen LogP contribution >= 0.6 is 0 Å². The smallest absolute Gasteiger partial charge is 0.277 e. The molecule has 0 aliphatic heterocycles. The zero-order valence-corrected chi connectivity index (χ0v) is 17.2. The Labute approximate surface area is 177 Å². The van der Waals surface area contributed by atoms with E-state index in [4.69, 9.17) is 9.47 Å². The summed E-state index contributed by atoms with van der Waals surface area (Å²) in [5, 5.41) is 4.02. The number of carbonyl (C=O) groups excluding carboxylic acids is 1. The minimum absolute atomic E-state index is 0.107. The first-order valence-corrected chi connectivity index (χ1v) is 9.92. The van der Waals surface area contributed by atoms with E-state index >= 15 is 0 Å². The number of rotatable bonds is 9. The van der Waals surface area contributed by atoms with Gasteiger partial charge in [-0.1, -0.05) is 68.4 Å². The molecule has 0 unspecified atom stereocenters. The first-order valence-electron chi connectivity index (χ1n) is 9.92. The molecule has 0 atom stereocenters. The van der Waals surface area contributed by atoms with Crippen molar-refractivity contribution in [1.82, 2.24) is 5.43 Å². The third kappa shape index (κ3) is 6.48. The summed E-state index contributed by atoms with van der Waals surface area (Å²) in [7, 11) is 0. The third-order valence-electron chi connectivity index (χ3n) is 4.47. The second-order valence-electron chi connectivity index (χ2n) is 7.12.